The number of rotatable bonds is 3. The van der Waals surface area contributed by atoms with Gasteiger partial charge in [-0.2, -0.15) is 10.4 Å². The van der Waals surface area contributed by atoms with Crippen molar-refractivity contribution < 1.29 is 4.79 Å². The highest BCUT2D eigenvalue weighted by Gasteiger charge is 2.18. The van der Waals surface area contributed by atoms with Gasteiger partial charge < -0.3 is 9.88 Å². The molecule has 0 saturated carbocycles. The number of hydrogen-bond acceptors (Lipinski definition) is 4. The van der Waals surface area contributed by atoms with Gasteiger partial charge in [-0.1, -0.05) is 6.07 Å². The minimum atomic E-state index is 0.219. The second kappa shape index (κ2) is 7.32. The van der Waals surface area contributed by atoms with Crippen molar-refractivity contribution in [3.8, 4) is 17.5 Å². The molecule has 4 aromatic rings. The number of amides is 1. The molecule has 3 heterocycles. The van der Waals surface area contributed by atoms with Crippen molar-refractivity contribution >= 4 is 27.7 Å². The average molecular weight is 398 g/mol. The Balaban J connectivity index is 1.42. The molecule has 2 N–H and O–H groups in total. The van der Waals surface area contributed by atoms with Crippen LogP contribution >= 0.6 is 0 Å². The molecule has 7 nitrogen and oxygen atoms in total. The third-order valence-electron chi connectivity index (χ3n) is 5.86. The van der Waals surface area contributed by atoms with Crippen LogP contribution in [0.25, 0.3) is 33.2 Å². The highest BCUT2D eigenvalue weighted by atomic mass is 16.2. The van der Waals surface area contributed by atoms with E-state index in [-0.39, 0.29) is 5.91 Å². The maximum atomic E-state index is 11.9. The van der Waals surface area contributed by atoms with E-state index < -0.39 is 0 Å². The van der Waals surface area contributed by atoms with Crippen LogP contribution in [0.3, 0.4) is 0 Å². The second-order valence-electron chi connectivity index (χ2n) is 7.89. The quantitative estimate of drug-likeness (QED) is 0.554. The number of aromatic nitrogens is 3. The van der Waals surface area contributed by atoms with E-state index in [1.54, 1.807) is 0 Å². The molecule has 0 atom stereocenters. The molecular weight excluding hydrogens is 376 g/mol. The Morgan fingerprint density at radius 3 is 2.87 bits per heavy atom. The zero-order valence-corrected chi connectivity index (χ0v) is 16.8. The van der Waals surface area contributed by atoms with Crippen LogP contribution in [0.1, 0.15) is 17.5 Å². The van der Waals surface area contributed by atoms with Crippen LogP contribution in [0.15, 0.2) is 42.5 Å². The lowest BCUT2D eigenvalue weighted by Gasteiger charge is -2.19. The Morgan fingerprint density at radius 1 is 1.10 bits per heavy atom. The molecule has 2 aromatic heterocycles. The van der Waals surface area contributed by atoms with Crippen molar-refractivity contribution in [3.05, 3.63) is 53.6 Å². The Morgan fingerprint density at radius 2 is 2.00 bits per heavy atom. The first-order chi connectivity index (χ1) is 14.6. The Bertz CT molecular complexity index is 1290. The maximum Gasteiger partial charge on any atom is 0.223 e. The smallest absolute Gasteiger partial charge is 0.223 e. The number of benzene rings is 2. The number of nitriles is 1. The minimum Gasteiger partial charge on any atom is -0.353 e. The van der Waals surface area contributed by atoms with Crippen molar-refractivity contribution in [1.29, 1.82) is 5.26 Å². The van der Waals surface area contributed by atoms with Crippen LogP contribution in [0.4, 0.5) is 0 Å². The molecule has 30 heavy (non-hydrogen) atoms. The molecule has 0 aliphatic carbocycles. The SMILES string of the molecule is CN1CCN(Cc2ccc3[nH]c(-c4n[nH]c5cc(C#N)ccc45)cc3c2)CCC1=O. The molecular formula is C23H22N6O. The number of carbonyl (C=O) groups excluding carboxylic acids is 1. The lowest BCUT2D eigenvalue weighted by molar-refractivity contribution is -0.129. The summed E-state index contributed by atoms with van der Waals surface area (Å²) in [7, 11) is 1.87. The predicted octanol–water partition coefficient (Wildman–Crippen LogP) is 3.25. The van der Waals surface area contributed by atoms with Gasteiger partial charge in [0.25, 0.3) is 0 Å². The fraction of sp³-hybridized carbons (Fsp3) is 0.261. The summed E-state index contributed by atoms with van der Waals surface area (Å²) >= 11 is 0. The van der Waals surface area contributed by atoms with Crippen molar-refractivity contribution in [2.45, 2.75) is 13.0 Å². The lowest BCUT2D eigenvalue weighted by Crippen LogP contribution is -2.29. The van der Waals surface area contributed by atoms with Crippen molar-refractivity contribution in [2.75, 3.05) is 26.7 Å². The Hall–Kier alpha value is -3.63. The van der Waals surface area contributed by atoms with Crippen LogP contribution in [0, 0.1) is 11.3 Å². The summed E-state index contributed by atoms with van der Waals surface area (Å²) in [5, 5.41) is 18.7. The first kappa shape index (κ1) is 18.4. The van der Waals surface area contributed by atoms with Crippen LogP contribution in [0.2, 0.25) is 0 Å². The number of H-pyrrole nitrogens is 2. The number of carbonyl (C=O) groups is 1. The van der Waals surface area contributed by atoms with E-state index in [1.165, 1.54) is 5.56 Å². The molecule has 1 aliphatic rings. The fourth-order valence-electron chi connectivity index (χ4n) is 4.09. The molecule has 1 amide bonds. The number of likely N-dealkylation sites (N-methyl/N-ethyl adjacent to an activating group) is 1. The normalized spacial score (nSPS) is 15.6. The summed E-state index contributed by atoms with van der Waals surface area (Å²) in [6.07, 6.45) is 0.576. The van der Waals surface area contributed by atoms with Gasteiger partial charge in [0.2, 0.25) is 5.91 Å². The van der Waals surface area contributed by atoms with E-state index in [4.69, 9.17) is 5.26 Å². The van der Waals surface area contributed by atoms with Crippen LogP contribution in [-0.4, -0.2) is 57.6 Å². The number of hydrogen-bond donors (Lipinski definition) is 2. The van der Waals surface area contributed by atoms with Gasteiger partial charge in [0, 0.05) is 55.9 Å². The zero-order valence-electron chi connectivity index (χ0n) is 16.8. The summed E-state index contributed by atoms with van der Waals surface area (Å²) in [6, 6.07) is 16.3. The van der Waals surface area contributed by atoms with Crippen LogP contribution < -0.4 is 0 Å². The standard InChI is InChI=1S/C23H22N6O/c1-28-8-9-29(7-6-22(28)30)14-16-3-5-19-17(10-16)12-21(25-19)23-18-4-2-15(13-24)11-20(18)26-27-23/h2-5,10-12,25H,6-9,14H2,1H3,(H,26,27). The van der Waals surface area contributed by atoms with E-state index in [0.29, 0.717) is 12.0 Å². The number of nitrogens with zero attached hydrogens (tertiary/aromatic N) is 4. The highest BCUT2D eigenvalue weighted by molar-refractivity contribution is 5.96. The first-order valence-corrected chi connectivity index (χ1v) is 10.1. The van der Waals surface area contributed by atoms with Gasteiger partial charge in [-0.25, -0.2) is 0 Å². The molecule has 0 spiro atoms. The van der Waals surface area contributed by atoms with Gasteiger partial charge in [-0.15, -0.1) is 0 Å². The van der Waals surface area contributed by atoms with Crippen molar-refractivity contribution in [1.82, 2.24) is 25.0 Å². The number of fused-ring (bicyclic) bond motifs is 2. The molecule has 0 bridgehead atoms. The molecule has 150 valence electrons. The fourth-order valence-corrected chi connectivity index (χ4v) is 4.09. The van der Waals surface area contributed by atoms with Gasteiger partial charge in [0.15, 0.2) is 0 Å². The summed E-state index contributed by atoms with van der Waals surface area (Å²) in [5.41, 5.74) is 5.55. The molecule has 1 aliphatic heterocycles. The number of aromatic amines is 2. The van der Waals surface area contributed by atoms with Gasteiger partial charge in [-0.05, 0) is 42.0 Å². The molecule has 0 radical (unpaired) electrons. The van der Waals surface area contributed by atoms with E-state index in [9.17, 15) is 4.79 Å². The monoisotopic (exact) mass is 398 g/mol. The molecule has 2 aromatic carbocycles. The predicted molar refractivity (Wildman–Crippen MR) is 116 cm³/mol. The number of nitrogens with one attached hydrogen (secondary N) is 2. The summed E-state index contributed by atoms with van der Waals surface area (Å²) in [6.45, 7) is 3.29. The topological polar surface area (TPSA) is 91.8 Å². The van der Waals surface area contributed by atoms with Crippen LogP contribution in [-0.2, 0) is 11.3 Å². The molecule has 1 saturated heterocycles. The molecule has 7 heteroatoms. The van der Waals surface area contributed by atoms with Gasteiger partial charge in [0.1, 0.15) is 5.69 Å². The van der Waals surface area contributed by atoms with Crippen LogP contribution in [0.5, 0.6) is 0 Å². The van der Waals surface area contributed by atoms with Gasteiger partial charge in [0.05, 0.1) is 22.8 Å². The third-order valence-corrected chi connectivity index (χ3v) is 5.86. The molecule has 1 fully saturated rings. The van der Waals surface area contributed by atoms with E-state index in [2.05, 4.69) is 50.4 Å². The molecule has 0 unspecified atom stereocenters. The third kappa shape index (κ3) is 3.31. The van der Waals surface area contributed by atoms with E-state index in [1.807, 2.05) is 30.1 Å². The Kier molecular flexibility index (Phi) is 4.49. The average Bonchev–Trinajstić information content (AvgIpc) is 3.33. The zero-order chi connectivity index (χ0) is 20.7. The summed E-state index contributed by atoms with van der Waals surface area (Å²) in [5.74, 6) is 0.219. The van der Waals surface area contributed by atoms with E-state index in [0.717, 1.165) is 59.4 Å². The molecule has 5 rings (SSSR count). The van der Waals surface area contributed by atoms with Gasteiger partial charge in [-0.3, -0.25) is 14.8 Å². The largest absolute Gasteiger partial charge is 0.353 e. The van der Waals surface area contributed by atoms with Gasteiger partial charge >= 0.3 is 0 Å². The minimum absolute atomic E-state index is 0.219. The summed E-state index contributed by atoms with van der Waals surface area (Å²) in [4.78, 5) is 19.5. The first-order valence-electron chi connectivity index (χ1n) is 10.1. The summed E-state index contributed by atoms with van der Waals surface area (Å²) < 4.78 is 0. The highest BCUT2D eigenvalue weighted by Crippen LogP contribution is 2.29. The van der Waals surface area contributed by atoms with E-state index >= 15 is 0 Å². The second-order valence-corrected chi connectivity index (χ2v) is 7.89. The maximum absolute atomic E-state index is 11.9. The van der Waals surface area contributed by atoms with Crippen molar-refractivity contribution in [3.63, 3.8) is 0 Å². The van der Waals surface area contributed by atoms with Crippen molar-refractivity contribution in [2.24, 2.45) is 0 Å². The Labute approximate surface area is 173 Å². The lowest BCUT2D eigenvalue weighted by atomic mass is 10.1.